The molecule has 0 unspecified atom stereocenters. The van der Waals surface area contributed by atoms with Gasteiger partial charge in [0.2, 0.25) is 5.91 Å². The third-order valence-corrected chi connectivity index (χ3v) is 4.85. The molecule has 1 amide bonds. The van der Waals surface area contributed by atoms with Crippen LogP contribution in [-0.4, -0.2) is 62.2 Å². The van der Waals surface area contributed by atoms with E-state index in [9.17, 15) is 13.2 Å². The van der Waals surface area contributed by atoms with Crippen molar-refractivity contribution < 1.29 is 13.2 Å². The lowest BCUT2D eigenvalue weighted by atomic mass is 10.4. The van der Waals surface area contributed by atoms with Crippen molar-refractivity contribution in [1.29, 1.82) is 0 Å². The van der Waals surface area contributed by atoms with Gasteiger partial charge in [-0.3, -0.25) is 4.79 Å². The molecule has 7 nitrogen and oxygen atoms in total. The van der Waals surface area contributed by atoms with E-state index in [4.69, 9.17) is 0 Å². The van der Waals surface area contributed by atoms with Gasteiger partial charge in [-0.25, -0.2) is 13.4 Å². The van der Waals surface area contributed by atoms with E-state index in [-0.39, 0.29) is 24.0 Å². The molecule has 2 heterocycles. The van der Waals surface area contributed by atoms with Gasteiger partial charge in [-0.2, -0.15) is 4.31 Å². The number of carbonyl (C=O) groups excluding carboxylic acids is 1. The van der Waals surface area contributed by atoms with Gasteiger partial charge in [0.05, 0.1) is 12.2 Å². The highest BCUT2D eigenvalue weighted by Gasteiger charge is 2.33. The molecule has 8 heteroatoms. The first-order valence-corrected chi connectivity index (χ1v) is 7.27. The number of pyridine rings is 1. The summed E-state index contributed by atoms with van der Waals surface area (Å²) in [5.74, 6) is -0.211. The third-order valence-electron chi connectivity index (χ3n) is 3.05. The van der Waals surface area contributed by atoms with Crippen molar-refractivity contribution in [3.05, 3.63) is 18.3 Å². The minimum atomic E-state index is -3.75. The summed E-state index contributed by atoms with van der Waals surface area (Å²) in [5, 5.41) is 2.75. The van der Waals surface area contributed by atoms with Gasteiger partial charge in [-0.05, 0) is 12.1 Å². The van der Waals surface area contributed by atoms with E-state index < -0.39 is 10.0 Å². The molecule has 1 fully saturated rings. The number of rotatable bonds is 3. The minimum absolute atomic E-state index is 0.0464. The minimum Gasteiger partial charge on any atom is -0.386 e. The maximum absolute atomic E-state index is 12.5. The summed E-state index contributed by atoms with van der Waals surface area (Å²) in [7, 11) is -0.460. The highest BCUT2D eigenvalue weighted by Crippen LogP contribution is 2.22. The van der Waals surface area contributed by atoms with Crippen LogP contribution in [0.2, 0.25) is 0 Å². The zero-order valence-electron chi connectivity index (χ0n) is 10.8. The van der Waals surface area contributed by atoms with Crippen molar-refractivity contribution in [2.45, 2.75) is 5.03 Å². The first-order chi connectivity index (χ1) is 8.96. The fourth-order valence-electron chi connectivity index (χ4n) is 1.85. The normalized spacial score (nSPS) is 17.6. The van der Waals surface area contributed by atoms with Gasteiger partial charge in [0.15, 0.2) is 5.03 Å². The SMILES string of the molecule is CNc1cccnc1S(=O)(=O)N1CCN(C)C(=O)C1. The molecular formula is C11H16N4O3S. The fraction of sp³-hybridized carbons (Fsp3) is 0.455. The maximum atomic E-state index is 12.5. The lowest BCUT2D eigenvalue weighted by molar-refractivity contribution is -0.132. The van der Waals surface area contributed by atoms with Gasteiger partial charge in [0.25, 0.3) is 10.0 Å². The summed E-state index contributed by atoms with van der Waals surface area (Å²) in [4.78, 5) is 17.1. The van der Waals surface area contributed by atoms with E-state index in [0.717, 1.165) is 0 Å². The number of amides is 1. The van der Waals surface area contributed by atoms with Crippen molar-refractivity contribution in [3.63, 3.8) is 0 Å². The molecule has 0 bridgehead atoms. The average molecular weight is 284 g/mol. The Morgan fingerprint density at radius 2 is 2.11 bits per heavy atom. The molecule has 1 saturated heterocycles. The van der Waals surface area contributed by atoms with Gasteiger partial charge < -0.3 is 10.2 Å². The van der Waals surface area contributed by atoms with Crippen LogP contribution in [0, 0.1) is 0 Å². The summed E-state index contributed by atoms with van der Waals surface area (Å²) in [6, 6.07) is 3.29. The van der Waals surface area contributed by atoms with E-state index in [2.05, 4.69) is 10.3 Å². The second-order valence-corrected chi connectivity index (χ2v) is 6.11. The highest BCUT2D eigenvalue weighted by molar-refractivity contribution is 7.89. The van der Waals surface area contributed by atoms with E-state index in [0.29, 0.717) is 12.2 Å². The van der Waals surface area contributed by atoms with Crippen molar-refractivity contribution in [3.8, 4) is 0 Å². The average Bonchev–Trinajstić information content (AvgIpc) is 2.41. The van der Waals surface area contributed by atoms with Crippen LogP contribution in [0.5, 0.6) is 0 Å². The summed E-state index contributed by atoms with van der Waals surface area (Å²) < 4.78 is 26.1. The Labute approximate surface area is 112 Å². The Balaban J connectivity index is 2.35. The van der Waals surface area contributed by atoms with Crippen LogP contribution in [0.4, 0.5) is 5.69 Å². The summed E-state index contributed by atoms with van der Waals surface area (Å²) in [6.45, 7) is 0.530. The third kappa shape index (κ3) is 2.54. The first-order valence-electron chi connectivity index (χ1n) is 5.83. The number of aromatic nitrogens is 1. The van der Waals surface area contributed by atoms with Gasteiger partial charge in [0.1, 0.15) is 0 Å². The Hall–Kier alpha value is -1.67. The van der Waals surface area contributed by atoms with Gasteiger partial charge >= 0.3 is 0 Å². The Kier molecular flexibility index (Phi) is 3.72. The molecule has 1 aromatic heterocycles. The van der Waals surface area contributed by atoms with Crippen molar-refractivity contribution in [1.82, 2.24) is 14.2 Å². The number of nitrogens with zero attached hydrogens (tertiary/aromatic N) is 3. The predicted molar refractivity (Wildman–Crippen MR) is 70.2 cm³/mol. The molecule has 0 aliphatic carbocycles. The van der Waals surface area contributed by atoms with Crippen LogP contribution >= 0.6 is 0 Å². The van der Waals surface area contributed by atoms with Gasteiger partial charge in [0, 0.05) is 33.4 Å². The van der Waals surface area contributed by atoms with Crippen LogP contribution in [0.15, 0.2) is 23.4 Å². The Bertz CT molecular complexity index is 587. The fourth-order valence-corrected chi connectivity index (χ4v) is 3.34. The molecule has 0 radical (unpaired) electrons. The number of nitrogens with one attached hydrogen (secondary N) is 1. The van der Waals surface area contributed by atoms with Crippen LogP contribution in [0.25, 0.3) is 0 Å². The summed E-state index contributed by atoms with van der Waals surface area (Å²) in [5.41, 5.74) is 0.425. The van der Waals surface area contributed by atoms with Crippen molar-refractivity contribution in [2.24, 2.45) is 0 Å². The molecule has 0 atom stereocenters. The van der Waals surface area contributed by atoms with Crippen LogP contribution in [-0.2, 0) is 14.8 Å². The number of piperazine rings is 1. The van der Waals surface area contributed by atoms with E-state index in [1.807, 2.05) is 0 Å². The lowest BCUT2D eigenvalue weighted by Gasteiger charge is -2.31. The number of sulfonamides is 1. The predicted octanol–water partition coefficient (Wildman–Crippen LogP) is -0.414. The lowest BCUT2D eigenvalue weighted by Crippen LogP contribution is -2.50. The zero-order valence-corrected chi connectivity index (χ0v) is 11.6. The molecule has 1 aliphatic rings. The molecule has 2 rings (SSSR count). The van der Waals surface area contributed by atoms with Crippen LogP contribution < -0.4 is 5.32 Å². The standard InChI is InChI=1S/C11H16N4O3S/c1-12-9-4-3-5-13-11(9)19(17,18)15-7-6-14(2)10(16)8-15/h3-5,12H,6-8H2,1-2H3. The van der Waals surface area contributed by atoms with Crippen molar-refractivity contribution in [2.75, 3.05) is 39.0 Å². The zero-order chi connectivity index (χ0) is 14.0. The van der Waals surface area contributed by atoms with Gasteiger partial charge in [-0.15, -0.1) is 0 Å². The molecule has 1 aromatic rings. The van der Waals surface area contributed by atoms with Gasteiger partial charge in [-0.1, -0.05) is 0 Å². The number of hydrogen-bond donors (Lipinski definition) is 1. The van der Waals surface area contributed by atoms with Crippen molar-refractivity contribution >= 4 is 21.6 Å². The van der Waals surface area contributed by atoms with Crippen LogP contribution in [0.1, 0.15) is 0 Å². The quantitative estimate of drug-likeness (QED) is 0.815. The topological polar surface area (TPSA) is 82.6 Å². The molecule has 0 saturated carbocycles. The smallest absolute Gasteiger partial charge is 0.263 e. The molecule has 104 valence electrons. The number of anilines is 1. The molecule has 0 aromatic carbocycles. The van der Waals surface area contributed by atoms with E-state index >= 15 is 0 Å². The monoisotopic (exact) mass is 284 g/mol. The Morgan fingerprint density at radius 3 is 2.74 bits per heavy atom. The number of likely N-dealkylation sites (N-methyl/N-ethyl adjacent to an activating group) is 1. The Morgan fingerprint density at radius 1 is 1.37 bits per heavy atom. The number of hydrogen-bond acceptors (Lipinski definition) is 5. The highest BCUT2D eigenvalue weighted by atomic mass is 32.2. The molecule has 19 heavy (non-hydrogen) atoms. The second-order valence-electron chi connectivity index (χ2n) is 4.26. The number of carbonyl (C=O) groups is 1. The van der Waals surface area contributed by atoms with Crippen LogP contribution in [0.3, 0.4) is 0 Å². The second kappa shape index (κ2) is 5.14. The molecular weight excluding hydrogens is 268 g/mol. The molecule has 1 N–H and O–H groups in total. The molecule has 1 aliphatic heterocycles. The van der Waals surface area contributed by atoms with E-state index in [1.165, 1.54) is 15.4 Å². The van der Waals surface area contributed by atoms with E-state index in [1.54, 1.807) is 26.2 Å². The summed E-state index contributed by atoms with van der Waals surface area (Å²) >= 11 is 0. The maximum Gasteiger partial charge on any atom is 0.263 e. The first kappa shape index (κ1) is 13.8. The summed E-state index contributed by atoms with van der Waals surface area (Å²) in [6.07, 6.45) is 1.42. The largest absolute Gasteiger partial charge is 0.386 e. The molecule has 0 spiro atoms.